The average Bonchev–Trinajstić information content (AvgIpc) is 2.23. The molecule has 1 rings (SSSR count). The summed E-state index contributed by atoms with van der Waals surface area (Å²) in [6.45, 7) is 4.84. The highest BCUT2D eigenvalue weighted by Gasteiger charge is 2.42. The van der Waals surface area contributed by atoms with E-state index in [1.54, 1.807) is 0 Å². The molecule has 0 bridgehead atoms. The highest BCUT2D eigenvalue weighted by Crippen LogP contribution is 2.43. The number of unbranched alkanes of at least 4 members (excludes halogenated alkanes) is 1. The minimum Gasteiger partial charge on any atom is -0.352 e. The Bertz CT molecular complexity index is 218. The second-order valence-corrected chi connectivity index (χ2v) is 5.04. The Morgan fingerprint density at radius 1 is 1.44 bits per heavy atom. The summed E-state index contributed by atoms with van der Waals surface area (Å²) < 4.78 is 0. The van der Waals surface area contributed by atoms with Crippen LogP contribution in [-0.4, -0.2) is 18.5 Å². The van der Waals surface area contributed by atoms with Crippen molar-refractivity contribution in [3.63, 3.8) is 0 Å². The Balaban J connectivity index is 2.41. The lowest BCUT2D eigenvalue weighted by molar-refractivity contribution is -0.137. The van der Waals surface area contributed by atoms with Gasteiger partial charge in [-0.15, -0.1) is 0 Å². The smallest absolute Gasteiger partial charge is 0.226 e. The zero-order valence-corrected chi connectivity index (χ0v) is 10.7. The van der Waals surface area contributed by atoms with E-state index in [1.807, 2.05) is 0 Å². The molecule has 1 amide bonds. The van der Waals surface area contributed by atoms with Crippen LogP contribution in [0.2, 0.25) is 0 Å². The summed E-state index contributed by atoms with van der Waals surface area (Å²) in [4.78, 5) is 12.1. The highest BCUT2D eigenvalue weighted by molar-refractivity contribution is 5.83. The topological polar surface area (TPSA) is 55.1 Å². The minimum atomic E-state index is -0.0559. The largest absolute Gasteiger partial charge is 0.352 e. The van der Waals surface area contributed by atoms with Gasteiger partial charge in [0.15, 0.2) is 0 Å². The van der Waals surface area contributed by atoms with Crippen molar-refractivity contribution in [1.82, 2.24) is 5.32 Å². The van der Waals surface area contributed by atoms with E-state index in [1.165, 1.54) is 6.42 Å². The molecule has 0 aromatic carbocycles. The molecule has 0 aliphatic heterocycles. The molecular formula is C13H26N2O. The normalized spacial score (nSPS) is 19.9. The molecule has 0 aromatic rings. The van der Waals surface area contributed by atoms with Gasteiger partial charge >= 0.3 is 0 Å². The van der Waals surface area contributed by atoms with Crippen molar-refractivity contribution < 1.29 is 4.79 Å². The fourth-order valence-corrected chi connectivity index (χ4v) is 2.38. The first-order valence-corrected chi connectivity index (χ1v) is 6.69. The molecule has 1 atom stereocenters. The molecule has 0 heterocycles. The van der Waals surface area contributed by atoms with Gasteiger partial charge in [0.25, 0.3) is 0 Å². The summed E-state index contributed by atoms with van der Waals surface area (Å²) >= 11 is 0. The maximum absolute atomic E-state index is 12.1. The zero-order valence-electron chi connectivity index (χ0n) is 10.7. The first-order chi connectivity index (χ1) is 7.68. The lowest BCUT2D eigenvalue weighted by Gasteiger charge is -2.40. The van der Waals surface area contributed by atoms with Crippen LogP contribution < -0.4 is 11.1 Å². The second-order valence-electron chi connectivity index (χ2n) is 5.04. The third-order valence-corrected chi connectivity index (χ3v) is 3.99. The Labute approximate surface area is 99.2 Å². The number of nitrogens with two attached hydrogens (primary N) is 1. The van der Waals surface area contributed by atoms with Crippen LogP contribution in [0.15, 0.2) is 0 Å². The van der Waals surface area contributed by atoms with Crippen molar-refractivity contribution in [3.8, 4) is 0 Å². The third kappa shape index (κ3) is 2.97. The Hall–Kier alpha value is -0.570. The van der Waals surface area contributed by atoms with Crippen LogP contribution in [0.4, 0.5) is 0 Å². The van der Waals surface area contributed by atoms with E-state index < -0.39 is 0 Å². The van der Waals surface area contributed by atoms with E-state index in [4.69, 9.17) is 5.73 Å². The van der Waals surface area contributed by atoms with Crippen molar-refractivity contribution in [1.29, 1.82) is 0 Å². The molecule has 1 saturated carbocycles. The van der Waals surface area contributed by atoms with E-state index in [0.717, 1.165) is 38.5 Å². The van der Waals surface area contributed by atoms with E-state index in [0.29, 0.717) is 6.54 Å². The van der Waals surface area contributed by atoms with Gasteiger partial charge in [0.1, 0.15) is 0 Å². The van der Waals surface area contributed by atoms with Gasteiger partial charge in [0, 0.05) is 18.0 Å². The molecule has 0 radical (unpaired) electrons. The molecule has 0 spiro atoms. The lowest BCUT2D eigenvalue weighted by Crippen LogP contribution is -2.50. The highest BCUT2D eigenvalue weighted by atomic mass is 16.2. The molecule has 3 nitrogen and oxygen atoms in total. The van der Waals surface area contributed by atoms with E-state index in [2.05, 4.69) is 19.2 Å². The number of hydrogen-bond acceptors (Lipinski definition) is 2. The second kappa shape index (κ2) is 6.24. The van der Waals surface area contributed by atoms with Gasteiger partial charge in [-0.2, -0.15) is 0 Å². The molecular weight excluding hydrogens is 200 g/mol. The molecule has 3 N–H and O–H groups in total. The van der Waals surface area contributed by atoms with E-state index in [9.17, 15) is 4.79 Å². The van der Waals surface area contributed by atoms with Crippen LogP contribution in [0.3, 0.4) is 0 Å². The molecule has 1 aliphatic carbocycles. The predicted octanol–water partition coefficient (Wildman–Crippen LogP) is 2.20. The number of carbonyl (C=O) groups excluding carboxylic acids is 1. The maximum atomic E-state index is 12.1. The standard InChI is InChI=1S/C13H26N2O/c1-3-5-7-11(10-14)15-12(16)13(4-2)8-6-9-13/h11H,3-10,14H2,1-2H3,(H,15,16). The SMILES string of the molecule is CCCCC(CN)NC(=O)C1(CC)CCC1. The zero-order chi connectivity index (χ0) is 12.0. The van der Waals surface area contributed by atoms with Gasteiger partial charge in [0.2, 0.25) is 5.91 Å². The molecule has 1 aliphatic rings. The Morgan fingerprint density at radius 2 is 2.12 bits per heavy atom. The fourth-order valence-electron chi connectivity index (χ4n) is 2.38. The number of nitrogens with one attached hydrogen (secondary N) is 1. The number of amides is 1. The van der Waals surface area contributed by atoms with Crippen molar-refractivity contribution in [2.24, 2.45) is 11.1 Å². The van der Waals surface area contributed by atoms with Gasteiger partial charge in [0.05, 0.1) is 0 Å². The summed E-state index contributed by atoms with van der Waals surface area (Å²) in [5.74, 6) is 0.243. The average molecular weight is 226 g/mol. The number of rotatable bonds is 7. The fraction of sp³-hybridized carbons (Fsp3) is 0.923. The first-order valence-electron chi connectivity index (χ1n) is 6.69. The van der Waals surface area contributed by atoms with Crippen molar-refractivity contribution in [2.75, 3.05) is 6.54 Å². The van der Waals surface area contributed by atoms with Gasteiger partial charge in [-0.3, -0.25) is 4.79 Å². The van der Waals surface area contributed by atoms with Crippen LogP contribution in [-0.2, 0) is 4.79 Å². The van der Waals surface area contributed by atoms with Crippen LogP contribution >= 0.6 is 0 Å². The van der Waals surface area contributed by atoms with E-state index in [-0.39, 0.29) is 17.4 Å². The van der Waals surface area contributed by atoms with E-state index >= 15 is 0 Å². The van der Waals surface area contributed by atoms with Crippen LogP contribution in [0.1, 0.15) is 58.8 Å². The summed E-state index contributed by atoms with van der Waals surface area (Å²) in [5, 5.41) is 3.13. The molecule has 16 heavy (non-hydrogen) atoms. The van der Waals surface area contributed by atoms with Crippen molar-refractivity contribution >= 4 is 5.91 Å². The monoisotopic (exact) mass is 226 g/mol. The summed E-state index contributed by atoms with van der Waals surface area (Å²) in [5.41, 5.74) is 5.64. The van der Waals surface area contributed by atoms with Crippen molar-refractivity contribution in [3.05, 3.63) is 0 Å². The van der Waals surface area contributed by atoms with Gasteiger partial charge in [-0.25, -0.2) is 0 Å². The van der Waals surface area contributed by atoms with Crippen LogP contribution in [0.5, 0.6) is 0 Å². The maximum Gasteiger partial charge on any atom is 0.226 e. The minimum absolute atomic E-state index is 0.0559. The number of hydrogen-bond donors (Lipinski definition) is 2. The molecule has 0 aromatic heterocycles. The Morgan fingerprint density at radius 3 is 2.50 bits per heavy atom. The third-order valence-electron chi connectivity index (χ3n) is 3.99. The van der Waals surface area contributed by atoms with Crippen LogP contribution in [0, 0.1) is 5.41 Å². The Kier molecular flexibility index (Phi) is 5.26. The summed E-state index contributed by atoms with van der Waals surface area (Å²) in [6.07, 6.45) is 7.58. The molecule has 1 fully saturated rings. The molecule has 3 heteroatoms. The van der Waals surface area contributed by atoms with Crippen LogP contribution in [0.25, 0.3) is 0 Å². The molecule has 94 valence electrons. The summed E-state index contributed by atoms with van der Waals surface area (Å²) in [6, 6.07) is 0.177. The molecule has 1 unspecified atom stereocenters. The quantitative estimate of drug-likeness (QED) is 0.699. The predicted molar refractivity (Wildman–Crippen MR) is 67.1 cm³/mol. The molecule has 0 saturated heterocycles. The van der Waals surface area contributed by atoms with Gasteiger partial charge in [-0.1, -0.05) is 33.1 Å². The lowest BCUT2D eigenvalue weighted by atomic mass is 9.66. The first kappa shape index (κ1) is 13.5. The van der Waals surface area contributed by atoms with Crippen molar-refractivity contribution in [2.45, 2.75) is 64.8 Å². The summed E-state index contributed by atoms with van der Waals surface area (Å²) in [7, 11) is 0. The number of carbonyl (C=O) groups is 1. The van der Waals surface area contributed by atoms with Gasteiger partial charge < -0.3 is 11.1 Å². The van der Waals surface area contributed by atoms with Gasteiger partial charge in [-0.05, 0) is 25.7 Å².